The summed E-state index contributed by atoms with van der Waals surface area (Å²) >= 11 is 0. The Bertz CT molecular complexity index is 1290. The van der Waals surface area contributed by atoms with E-state index in [2.05, 4.69) is 15.5 Å². The number of rotatable bonds is 9. The Balaban J connectivity index is 1.44. The predicted molar refractivity (Wildman–Crippen MR) is 130 cm³/mol. The molecular weight excluding hydrogens is 430 g/mol. The first-order valence-electron chi connectivity index (χ1n) is 11.2. The van der Waals surface area contributed by atoms with Gasteiger partial charge in [-0.05, 0) is 56.2 Å². The van der Waals surface area contributed by atoms with Gasteiger partial charge < -0.3 is 14.8 Å². The highest BCUT2D eigenvalue weighted by atomic mass is 16.5. The molecule has 2 heterocycles. The van der Waals surface area contributed by atoms with Crippen molar-refractivity contribution in [2.75, 3.05) is 12.4 Å². The molecule has 0 saturated carbocycles. The normalized spacial score (nSPS) is 10.8. The average Bonchev–Trinajstić information content (AvgIpc) is 3.48. The summed E-state index contributed by atoms with van der Waals surface area (Å²) in [6.45, 7) is 7.76. The van der Waals surface area contributed by atoms with Crippen LogP contribution in [0.2, 0.25) is 0 Å². The monoisotopic (exact) mass is 459 g/mol. The van der Waals surface area contributed by atoms with Gasteiger partial charge >= 0.3 is 0 Å². The maximum atomic E-state index is 12.9. The lowest BCUT2D eigenvalue weighted by atomic mass is 10.1. The van der Waals surface area contributed by atoms with Crippen molar-refractivity contribution in [2.24, 2.45) is 0 Å². The molecule has 0 aliphatic carbocycles. The molecule has 0 aliphatic rings. The molecule has 0 aliphatic heterocycles. The number of amides is 1. The lowest BCUT2D eigenvalue weighted by Gasteiger charge is -2.14. The van der Waals surface area contributed by atoms with Gasteiger partial charge in [0.05, 0.1) is 31.7 Å². The largest absolute Gasteiger partial charge is 0.496 e. The van der Waals surface area contributed by atoms with Crippen LogP contribution in [0, 0.1) is 13.8 Å². The van der Waals surface area contributed by atoms with Gasteiger partial charge in [0.15, 0.2) is 0 Å². The van der Waals surface area contributed by atoms with Crippen molar-refractivity contribution < 1.29 is 14.3 Å². The van der Waals surface area contributed by atoms with Gasteiger partial charge in [-0.2, -0.15) is 10.2 Å². The highest BCUT2D eigenvalue weighted by Gasteiger charge is 2.13. The number of hydrogen-bond donors (Lipinski definition) is 1. The summed E-state index contributed by atoms with van der Waals surface area (Å²) in [5.41, 5.74) is 5.15. The third-order valence-corrected chi connectivity index (χ3v) is 5.52. The van der Waals surface area contributed by atoms with Crippen LogP contribution in [0.1, 0.15) is 39.5 Å². The first-order valence-corrected chi connectivity index (χ1v) is 11.2. The number of carbonyl (C=O) groups is 1. The molecule has 176 valence electrons. The molecule has 34 heavy (non-hydrogen) atoms. The number of ether oxygens (including phenoxy) is 2. The second kappa shape index (κ2) is 10.2. The van der Waals surface area contributed by atoms with Crippen molar-refractivity contribution >= 4 is 11.6 Å². The molecule has 4 aromatic rings. The van der Waals surface area contributed by atoms with E-state index in [9.17, 15) is 4.79 Å². The molecule has 2 aromatic carbocycles. The summed E-state index contributed by atoms with van der Waals surface area (Å²) in [5.74, 6) is 1.25. The fourth-order valence-electron chi connectivity index (χ4n) is 3.62. The van der Waals surface area contributed by atoms with Crippen LogP contribution in [0.4, 0.5) is 5.69 Å². The number of aromatic nitrogens is 4. The molecule has 0 fully saturated rings. The zero-order valence-electron chi connectivity index (χ0n) is 19.9. The molecule has 2 aromatic heterocycles. The third-order valence-electron chi connectivity index (χ3n) is 5.52. The number of nitrogens with zero attached hydrogens (tertiary/aromatic N) is 4. The van der Waals surface area contributed by atoms with Gasteiger partial charge in [-0.3, -0.25) is 14.2 Å². The summed E-state index contributed by atoms with van der Waals surface area (Å²) in [4.78, 5) is 12.9. The molecule has 8 heteroatoms. The van der Waals surface area contributed by atoms with Crippen molar-refractivity contribution in [3.05, 3.63) is 89.0 Å². The van der Waals surface area contributed by atoms with Gasteiger partial charge in [0.2, 0.25) is 0 Å². The SMILES string of the molecule is CCn1cc(Cn2cc(NC(=O)c3ccc(OC)c(COc4cc(C)ccc4C)c3)cn2)cn1. The molecule has 1 amide bonds. The van der Waals surface area contributed by atoms with E-state index in [1.807, 2.05) is 56.0 Å². The molecule has 0 unspecified atom stereocenters. The fourth-order valence-corrected chi connectivity index (χ4v) is 3.62. The number of carbonyl (C=O) groups excluding carboxylic acids is 1. The van der Waals surface area contributed by atoms with E-state index in [1.165, 1.54) is 0 Å². The topological polar surface area (TPSA) is 83.2 Å². The molecule has 0 atom stereocenters. The Morgan fingerprint density at radius 2 is 1.82 bits per heavy atom. The minimum atomic E-state index is -0.228. The van der Waals surface area contributed by atoms with Crippen LogP contribution in [0.5, 0.6) is 11.5 Å². The summed E-state index contributed by atoms with van der Waals surface area (Å²) in [5, 5.41) is 11.5. The Hall–Kier alpha value is -4.07. The minimum Gasteiger partial charge on any atom is -0.496 e. The van der Waals surface area contributed by atoms with Crippen LogP contribution in [0.25, 0.3) is 0 Å². The van der Waals surface area contributed by atoms with E-state index < -0.39 is 0 Å². The Kier molecular flexibility index (Phi) is 6.96. The average molecular weight is 460 g/mol. The molecule has 8 nitrogen and oxygen atoms in total. The second-order valence-corrected chi connectivity index (χ2v) is 8.17. The van der Waals surface area contributed by atoms with Crippen molar-refractivity contribution in [1.29, 1.82) is 0 Å². The summed E-state index contributed by atoms with van der Waals surface area (Å²) in [6.07, 6.45) is 7.24. The number of benzene rings is 2. The molecule has 0 spiro atoms. The van der Waals surface area contributed by atoms with Gasteiger partial charge in [-0.15, -0.1) is 0 Å². The van der Waals surface area contributed by atoms with Gasteiger partial charge in [-0.25, -0.2) is 0 Å². The first kappa shape index (κ1) is 23.1. The van der Waals surface area contributed by atoms with Crippen LogP contribution in [-0.2, 0) is 19.7 Å². The number of hydrogen-bond acceptors (Lipinski definition) is 5. The molecule has 4 rings (SSSR count). The van der Waals surface area contributed by atoms with Gasteiger partial charge in [-0.1, -0.05) is 12.1 Å². The van der Waals surface area contributed by atoms with Crippen LogP contribution in [0.3, 0.4) is 0 Å². The zero-order valence-corrected chi connectivity index (χ0v) is 19.9. The lowest BCUT2D eigenvalue weighted by Crippen LogP contribution is -2.12. The lowest BCUT2D eigenvalue weighted by molar-refractivity contribution is 0.102. The Labute approximate surface area is 199 Å². The minimum absolute atomic E-state index is 0.228. The fraction of sp³-hybridized carbons (Fsp3) is 0.269. The highest BCUT2D eigenvalue weighted by molar-refractivity contribution is 6.04. The van der Waals surface area contributed by atoms with Crippen molar-refractivity contribution in [1.82, 2.24) is 19.6 Å². The number of methoxy groups -OCH3 is 1. The summed E-state index contributed by atoms with van der Waals surface area (Å²) < 4.78 is 15.2. The standard InChI is InChI=1S/C26H29N5O3/c1-5-30-14-20(12-27-30)15-31-16-23(13-28-31)29-26(32)21-8-9-24(33-4)22(11-21)17-34-25-10-18(2)6-7-19(25)3/h6-14,16H,5,15,17H2,1-4H3,(H,29,32). The molecule has 0 radical (unpaired) electrons. The van der Waals surface area contributed by atoms with E-state index >= 15 is 0 Å². The molecular formula is C26H29N5O3. The van der Waals surface area contributed by atoms with Crippen LogP contribution < -0.4 is 14.8 Å². The molecule has 0 saturated heterocycles. The molecule has 1 N–H and O–H groups in total. The Morgan fingerprint density at radius 3 is 2.59 bits per heavy atom. The van der Waals surface area contributed by atoms with Crippen LogP contribution in [-0.4, -0.2) is 32.6 Å². The number of anilines is 1. The van der Waals surface area contributed by atoms with Crippen LogP contribution >= 0.6 is 0 Å². The van der Waals surface area contributed by atoms with Gasteiger partial charge in [0.25, 0.3) is 5.91 Å². The van der Waals surface area contributed by atoms with Crippen molar-refractivity contribution in [3.63, 3.8) is 0 Å². The smallest absolute Gasteiger partial charge is 0.255 e. The molecule has 0 bridgehead atoms. The number of aryl methyl sites for hydroxylation is 3. The Morgan fingerprint density at radius 1 is 1.00 bits per heavy atom. The zero-order chi connectivity index (χ0) is 24.1. The predicted octanol–water partition coefficient (Wildman–Crippen LogP) is 4.60. The van der Waals surface area contributed by atoms with E-state index in [0.29, 0.717) is 23.5 Å². The second-order valence-electron chi connectivity index (χ2n) is 8.17. The van der Waals surface area contributed by atoms with Gasteiger partial charge in [0.1, 0.15) is 18.1 Å². The first-order chi connectivity index (χ1) is 16.4. The van der Waals surface area contributed by atoms with Gasteiger partial charge in [0, 0.05) is 35.6 Å². The maximum Gasteiger partial charge on any atom is 0.255 e. The quantitative estimate of drug-likeness (QED) is 0.395. The van der Waals surface area contributed by atoms with E-state index in [1.54, 1.807) is 42.4 Å². The summed E-state index contributed by atoms with van der Waals surface area (Å²) in [6, 6.07) is 11.4. The summed E-state index contributed by atoms with van der Waals surface area (Å²) in [7, 11) is 1.61. The van der Waals surface area contributed by atoms with E-state index in [0.717, 1.165) is 34.5 Å². The number of nitrogens with one attached hydrogen (secondary N) is 1. The van der Waals surface area contributed by atoms with Crippen molar-refractivity contribution in [2.45, 2.75) is 40.5 Å². The third kappa shape index (κ3) is 5.46. The van der Waals surface area contributed by atoms with Crippen molar-refractivity contribution in [3.8, 4) is 11.5 Å². The maximum absolute atomic E-state index is 12.9. The van der Waals surface area contributed by atoms with E-state index in [4.69, 9.17) is 9.47 Å². The van der Waals surface area contributed by atoms with E-state index in [-0.39, 0.29) is 12.5 Å². The highest BCUT2D eigenvalue weighted by Crippen LogP contribution is 2.25. The van der Waals surface area contributed by atoms with Crippen LogP contribution in [0.15, 0.2) is 61.2 Å².